The summed E-state index contributed by atoms with van der Waals surface area (Å²) in [6.45, 7) is 0. The quantitative estimate of drug-likeness (QED) is 0.174. The van der Waals surface area contributed by atoms with E-state index in [1.165, 1.54) is 55.8 Å². The van der Waals surface area contributed by atoms with Crippen LogP contribution in [-0.4, -0.2) is 0 Å². The Morgan fingerprint density at radius 1 is 0.446 bits per heavy atom. The Hall–Kier alpha value is -6.18. The number of rotatable bonds is 5. The number of benzene rings is 7. The van der Waals surface area contributed by atoms with Crippen LogP contribution < -0.4 is 9.80 Å². The molecule has 0 unspecified atom stereocenters. The minimum atomic E-state index is 0.270. The molecule has 268 valence electrons. The van der Waals surface area contributed by atoms with E-state index in [-0.39, 0.29) is 5.92 Å². The van der Waals surface area contributed by atoms with Gasteiger partial charge in [-0.1, -0.05) is 116 Å². The second kappa shape index (κ2) is 14.5. The molecule has 4 nitrogen and oxygen atoms in total. The van der Waals surface area contributed by atoms with E-state index in [2.05, 4.69) is 149 Å². The predicted molar refractivity (Wildman–Crippen MR) is 230 cm³/mol. The third-order valence-electron chi connectivity index (χ3n) is 11.3. The van der Waals surface area contributed by atoms with E-state index in [0.29, 0.717) is 11.1 Å². The van der Waals surface area contributed by atoms with E-state index in [1.54, 1.807) is 0 Å². The van der Waals surface area contributed by atoms with Crippen LogP contribution >= 0.6 is 23.5 Å². The van der Waals surface area contributed by atoms with Crippen molar-refractivity contribution in [2.24, 2.45) is 0 Å². The Labute approximate surface area is 336 Å². The van der Waals surface area contributed by atoms with Crippen LogP contribution in [0.15, 0.2) is 171 Å². The third kappa shape index (κ3) is 5.85. The minimum Gasteiger partial charge on any atom is -0.307 e. The summed E-state index contributed by atoms with van der Waals surface area (Å²) in [6, 6.07) is 58.5. The topological polar surface area (TPSA) is 54.1 Å². The van der Waals surface area contributed by atoms with Crippen LogP contribution in [-0.2, 0) is 0 Å². The molecule has 0 saturated heterocycles. The summed E-state index contributed by atoms with van der Waals surface area (Å²) in [7, 11) is 0. The molecule has 10 rings (SSSR count). The lowest BCUT2D eigenvalue weighted by atomic mass is 9.78. The summed E-state index contributed by atoms with van der Waals surface area (Å²) in [5.74, 6) is 0.270. The number of para-hydroxylation sites is 4. The van der Waals surface area contributed by atoms with Crippen molar-refractivity contribution >= 4 is 57.6 Å². The second-order valence-corrected chi connectivity index (χ2v) is 16.7. The van der Waals surface area contributed by atoms with Gasteiger partial charge in [-0.2, -0.15) is 10.5 Å². The maximum absolute atomic E-state index is 9.88. The summed E-state index contributed by atoms with van der Waals surface area (Å²) in [6.07, 6.45) is 5.74. The number of nitriles is 2. The maximum Gasteiger partial charge on any atom is 0.0991 e. The Morgan fingerprint density at radius 2 is 0.804 bits per heavy atom. The fourth-order valence-corrected chi connectivity index (χ4v) is 10.8. The molecule has 1 fully saturated rings. The Morgan fingerprint density at radius 3 is 1.16 bits per heavy atom. The van der Waals surface area contributed by atoms with Gasteiger partial charge in [0.05, 0.1) is 57.4 Å². The van der Waals surface area contributed by atoms with E-state index in [4.69, 9.17) is 0 Å². The molecule has 6 heteroatoms. The van der Waals surface area contributed by atoms with Gasteiger partial charge in [-0.25, -0.2) is 0 Å². The zero-order valence-electron chi connectivity index (χ0n) is 30.7. The molecule has 7 aromatic rings. The fourth-order valence-electron chi connectivity index (χ4n) is 8.72. The molecule has 0 spiro atoms. The molecule has 0 amide bonds. The zero-order chi connectivity index (χ0) is 37.6. The summed E-state index contributed by atoms with van der Waals surface area (Å²) in [5.41, 5.74) is 14.0. The highest BCUT2D eigenvalue weighted by Crippen LogP contribution is 2.62. The average molecular weight is 757 g/mol. The van der Waals surface area contributed by atoms with Crippen molar-refractivity contribution in [1.29, 1.82) is 10.5 Å². The number of hydrogen-bond acceptors (Lipinski definition) is 6. The average Bonchev–Trinajstić information content (AvgIpc) is 3.27. The summed E-state index contributed by atoms with van der Waals surface area (Å²) >= 11 is 3.66. The maximum atomic E-state index is 9.88. The van der Waals surface area contributed by atoms with Gasteiger partial charge < -0.3 is 9.80 Å². The third-order valence-corrected chi connectivity index (χ3v) is 13.5. The lowest BCUT2D eigenvalue weighted by molar-refractivity contribution is 0.444. The van der Waals surface area contributed by atoms with E-state index >= 15 is 0 Å². The van der Waals surface area contributed by atoms with Crippen molar-refractivity contribution < 1.29 is 0 Å². The first kappa shape index (κ1) is 34.3. The first-order chi connectivity index (χ1) is 27.7. The van der Waals surface area contributed by atoms with Gasteiger partial charge in [0.15, 0.2) is 0 Å². The predicted octanol–water partition coefficient (Wildman–Crippen LogP) is 14.7. The Kier molecular flexibility index (Phi) is 8.87. The van der Waals surface area contributed by atoms with Gasteiger partial charge in [0.25, 0.3) is 0 Å². The van der Waals surface area contributed by atoms with Crippen molar-refractivity contribution in [3.8, 4) is 34.4 Å². The lowest BCUT2D eigenvalue weighted by Crippen LogP contribution is -2.24. The lowest BCUT2D eigenvalue weighted by Gasteiger charge is -2.42. The standard InChI is InChI=1S/C50H36N4S2/c51-31-33-22-26-35(27-23-33)38-30-39(36-28-24-34(32-52)25-29-36)50(54-42-16-6-10-20-46(42)56-47-21-11-7-17-43(47)54)48(37-12-2-1-3-13-37)49(38)53-40-14-4-8-18-44(40)55-45-19-9-5-15-41(45)53/h4-11,14-30,37H,1-3,12-13H2. The van der Waals surface area contributed by atoms with Gasteiger partial charge >= 0.3 is 0 Å². The van der Waals surface area contributed by atoms with Gasteiger partial charge in [0.2, 0.25) is 0 Å². The number of nitrogens with zero attached hydrogens (tertiary/aromatic N) is 4. The van der Waals surface area contributed by atoms with Crippen molar-refractivity contribution in [2.45, 2.75) is 57.6 Å². The monoisotopic (exact) mass is 756 g/mol. The first-order valence-electron chi connectivity index (χ1n) is 19.2. The van der Waals surface area contributed by atoms with Crippen LogP contribution in [0.1, 0.15) is 54.7 Å². The molecular formula is C50H36N4S2. The summed E-state index contributed by atoms with van der Waals surface area (Å²) in [4.78, 5) is 9.95. The fraction of sp³-hybridized carbons (Fsp3) is 0.120. The van der Waals surface area contributed by atoms with Gasteiger partial charge in [-0.05, 0) is 109 Å². The molecule has 1 saturated carbocycles. The summed E-state index contributed by atoms with van der Waals surface area (Å²) < 4.78 is 0. The van der Waals surface area contributed by atoms with E-state index in [1.807, 2.05) is 47.8 Å². The minimum absolute atomic E-state index is 0.270. The Balaban J connectivity index is 1.41. The van der Waals surface area contributed by atoms with Crippen LogP contribution in [0.3, 0.4) is 0 Å². The van der Waals surface area contributed by atoms with Crippen LogP contribution in [0.5, 0.6) is 0 Å². The van der Waals surface area contributed by atoms with Crippen LogP contribution in [0, 0.1) is 22.7 Å². The molecule has 0 N–H and O–H groups in total. The van der Waals surface area contributed by atoms with Crippen molar-refractivity contribution in [2.75, 3.05) is 9.80 Å². The van der Waals surface area contributed by atoms with Gasteiger partial charge in [0, 0.05) is 36.3 Å². The molecule has 2 heterocycles. The summed E-state index contributed by atoms with van der Waals surface area (Å²) in [5, 5.41) is 19.8. The molecule has 3 aliphatic rings. The zero-order valence-corrected chi connectivity index (χ0v) is 32.3. The Bertz CT molecular complexity index is 2450. The molecule has 56 heavy (non-hydrogen) atoms. The molecule has 0 aromatic heterocycles. The van der Waals surface area contributed by atoms with Gasteiger partial charge in [-0.3, -0.25) is 0 Å². The normalized spacial score (nSPS) is 14.5. The molecule has 0 radical (unpaired) electrons. The van der Waals surface area contributed by atoms with Crippen molar-refractivity contribution in [3.63, 3.8) is 0 Å². The van der Waals surface area contributed by atoms with Gasteiger partial charge in [0.1, 0.15) is 0 Å². The highest BCUT2D eigenvalue weighted by molar-refractivity contribution is 8.00. The second-order valence-electron chi connectivity index (χ2n) is 14.5. The molecule has 2 aliphatic heterocycles. The smallest absolute Gasteiger partial charge is 0.0991 e. The van der Waals surface area contributed by atoms with Crippen LogP contribution in [0.4, 0.5) is 34.1 Å². The molecule has 0 atom stereocenters. The number of hydrogen-bond donors (Lipinski definition) is 0. The number of fused-ring (bicyclic) bond motifs is 4. The SMILES string of the molecule is N#Cc1ccc(-c2cc(-c3ccc(C#N)cc3)c(N3c4ccccc4Sc4ccccc43)c(C3CCCCC3)c2N2c3ccccc3Sc3ccccc32)cc1. The number of anilines is 6. The van der Waals surface area contributed by atoms with E-state index in [0.717, 1.165) is 57.8 Å². The van der Waals surface area contributed by atoms with Gasteiger partial charge in [-0.15, -0.1) is 0 Å². The van der Waals surface area contributed by atoms with Crippen LogP contribution in [0.25, 0.3) is 22.3 Å². The molecule has 0 bridgehead atoms. The van der Waals surface area contributed by atoms with E-state index < -0.39 is 0 Å². The van der Waals surface area contributed by atoms with Crippen LogP contribution in [0.2, 0.25) is 0 Å². The molecular weight excluding hydrogens is 721 g/mol. The largest absolute Gasteiger partial charge is 0.307 e. The molecule has 7 aromatic carbocycles. The first-order valence-corrected chi connectivity index (χ1v) is 20.9. The molecule has 1 aliphatic carbocycles. The van der Waals surface area contributed by atoms with Crippen molar-refractivity contribution in [3.05, 3.63) is 168 Å². The van der Waals surface area contributed by atoms with E-state index in [9.17, 15) is 10.5 Å². The van der Waals surface area contributed by atoms with Crippen molar-refractivity contribution in [1.82, 2.24) is 0 Å². The highest BCUT2D eigenvalue weighted by Gasteiger charge is 2.38. The highest BCUT2D eigenvalue weighted by atomic mass is 32.2.